The van der Waals surface area contributed by atoms with E-state index in [0.29, 0.717) is 24.5 Å². The predicted molar refractivity (Wildman–Crippen MR) is 91.6 cm³/mol. The maximum Gasteiger partial charge on any atom is 0.411 e. The fourth-order valence-corrected chi connectivity index (χ4v) is 3.15. The van der Waals surface area contributed by atoms with Crippen LogP contribution in [0.25, 0.3) is 0 Å². The van der Waals surface area contributed by atoms with Crippen molar-refractivity contribution in [1.29, 1.82) is 0 Å². The van der Waals surface area contributed by atoms with Crippen LogP contribution >= 0.6 is 0 Å². The molecule has 142 valence electrons. The molecule has 1 aromatic rings. The largest absolute Gasteiger partial charge is 0.488 e. The highest BCUT2D eigenvalue weighted by molar-refractivity contribution is 5.88. The van der Waals surface area contributed by atoms with Gasteiger partial charge in [0.1, 0.15) is 23.3 Å². The van der Waals surface area contributed by atoms with E-state index in [1.165, 1.54) is 17.0 Å². The number of ether oxygens (including phenoxy) is 3. The predicted octanol–water partition coefficient (Wildman–Crippen LogP) is 3.24. The average Bonchev–Trinajstić information content (AvgIpc) is 3.17. The van der Waals surface area contributed by atoms with Crippen molar-refractivity contribution in [2.45, 2.75) is 51.4 Å². The first kappa shape index (κ1) is 18.6. The summed E-state index contributed by atoms with van der Waals surface area (Å²) in [6, 6.07) is 3.57. The van der Waals surface area contributed by atoms with Gasteiger partial charge < -0.3 is 14.2 Å². The molecular formula is C19H24FNO5. The number of halogens is 1. The van der Waals surface area contributed by atoms with Gasteiger partial charge in [0, 0.05) is 18.4 Å². The summed E-state index contributed by atoms with van der Waals surface area (Å²) in [4.78, 5) is 25.9. The molecule has 2 heterocycles. The third-order valence-electron chi connectivity index (χ3n) is 4.28. The molecule has 0 spiro atoms. The fraction of sp³-hybridized carbons (Fsp3) is 0.579. The Labute approximate surface area is 152 Å². The van der Waals surface area contributed by atoms with Crippen LogP contribution in [0.15, 0.2) is 18.2 Å². The van der Waals surface area contributed by atoms with Crippen molar-refractivity contribution < 1.29 is 28.2 Å². The van der Waals surface area contributed by atoms with Crippen molar-refractivity contribution in [3.63, 3.8) is 0 Å². The van der Waals surface area contributed by atoms with Crippen LogP contribution in [0.2, 0.25) is 0 Å². The Hall–Kier alpha value is -2.15. The number of hydrogen-bond acceptors (Lipinski definition) is 5. The number of benzene rings is 1. The molecule has 0 saturated carbocycles. The molecule has 6 nitrogen and oxygen atoms in total. The monoisotopic (exact) mass is 365 g/mol. The van der Waals surface area contributed by atoms with Crippen LogP contribution in [-0.4, -0.2) is 48.2 Å². The lowest BCUT2D eigenvalue weighted by molar-refractivity contribution is -0.117. The molecule has 1 amide bonds. The van der Waals surface area contributed by atoms with Crippen LogP contribution in [0.3, 0.4) is 0 Å². The summed E-state index contributed by atoms with van der Waals surface area (Å²) in [7, 11) is 0. The SMILES string of the molecule is CC(C)(C)OC(=O)N1CC(=O)C[C@@H]1c1cc(F)ccc1OC1CCOC1. The molecule has 0 radical (unpaired) electrons. The van der Waals surface area contributed by atoms with Crippen molar-refractivity contribution in [3.8, 4) is 5.75 Å². The molecule has 2 aliphatic heterocycles. The highest BCUT2D eigenvalue weighted by Gasteiger charge is 2.39. The van der Waals surface area contributed by atoms with E-state index in [1.807, 2.05) is 0 Å². The molecule has 2 saturated heterocycles. The molecular weight excluding hydrogens is 341 g/mol. The standard InChI is InChI=1S/C19H24FNO5/c1-19(2,3)26-18(23)21-10-13(22)9-16(21)15-8-12(20)4-5-17(15)25-14-6-7-24-11-14/h4-5,8,14,16H,6-7,9-11H2,1-3H3/t14?,16-/m1/s1. The molecule has 1 aromatic carbocycles. The number of nitrogens with zero attached hydrogens (tertiary/aromatic N) is 1. The van der Waals surface area contributed by atoms with Gasteiger partial charge in [0.05, 0.1) is 25.8 Å². The minimum atomic E-state index is -0.685. The second-order valence-corrected chi connectivity index (χ2v) is 7.65. The molecule has 7 heteroatoms. The van der Waals surface area contributed by atoms with E-state index in [9.17, 15) is 14.0 Å². The first-order chi connectivity index (χ1) is 12.2. The number of amides is 1. The van der Waals surface area contributed by atoms with Gasteiger partial charge in [-0.1, -0.05) is 0 Å². The first-order valence-corrected chi connectivity index (χ1v) is 8.78. The zero-order chi connectivity index (χ0) is 18.9. The summed E-state index contributed by atoms with van der Waals surface area (Å²) in [5, 5.41) is 0. The highest BCUT2D eigenvalue weighted by atomic mass is 19.1. The van der Waals surface area contributed by atoms with Crippen molar-refractivity contribution in [3.05, 3.63) is 29.6 Å². The topological polar surface area (TPSA) is 65.1 Å². The number of ketones is 1. The normalized spacial score (nSPS) is 23.4. The van der Waals surface area contributed by atoms with Crippen LogP contribution < -0.4 is 4.74 Å². The fourth-order valence-electron chi connectivity index (χ4n) is 3.15. The molecule has 2 aliphatic rings. The number of rotatable bonds is 3. The molecule has 0 bridgehead atoms. The smallest absolute Gasteiger partial charge is 0.411 e. The maximum atomic E-state index is 13.9. The van der Waals surface area contributed by atoms with E-state index in [4.69, 9.17) is 14.2 Å². The Morgan fingerprint density at radius 3 is 2.77 bits per heavy atom. The van der Waals surface area contributed by atoms with Crippen LogP contribution in [-0.2, 0) is 14.3 Å². The number of carbonyl (C=O) groups is 2. The summed E-state index contributed by atoms with van der Waals surface area (Å²) >= 11 is 0. The second-order valence-electron chi connectivity index (χ2n) is 7.65. The van der Waals surface area contributed by atoms with Gasteiger partial charge in [-0.05, 0) is 39.0 Å². The van der Waals surface area contributed by atoms with Gasteiger partial charge in [0.15, 0.2) is 5.78 Å². The van der Waals surface area contributed by atoms with Crippen LogP contribution in [0.5, 0.6) is 5.75 Å². The Balaban J connectivity index is 1.88. The molecule has 2 fully saturated rings. The molecule has 2 atom stereocenters. The lowest BCUT2D eigenvalue weighted by Gasteiger charge is -2.29. The van der Waals surface area contributed by atoms with E-state index < -0.39 is 23.6 Å². The third kappa shape index (κ3) is 4.33. The molecule has 0 aromatic heterocycles. The van der Waals surface area contributed by atoms with Crippen LogP contribution in [0.1, 0.15) is 45.2 Å². The lowest BCUT2D eigenvalue weighted by atomic mass is 10.0. The maximum absolute atomic E-state index is 13.9. The Bertz CT molecular complexity index is 694. The average molecular weight is 365 g/mol. The van der Waals surface area contributed by atoms with Crippen molar-refractivity contribution in [2.75, 3.05) is 19.8 Å². The van der Waals surface area contributed by atoms with E-state index in [-0.39, 0.29) is 24.9 Å². The summed E-state index contributed by atoms with van der Waals surface area (Å²) in [6.45, 7) is 6.31. The summed E-state index contributed by atoms with van der Waals surface area (Å²) < 4.78 is 30.6. The van der Waals surface area contributed by atoms with Crippen molar-refractivity contribution >= 4 is 11.9 Å². The highest BCUT2D eigenvalue weighted by Crippen LogP contribution is 2.38. The number of carbonyl (C=O) groups excluding carboxylic acids is 2. The summed E-state index contributed by atoms with van der Waals surface area (Å²) in [5.74, 6) is -0.0751. The Morgan fingerprint density at radius 2 is 2.12 bits per heavy atom. The van der Waals surface area contributed by atoms with E-state index in [1.54, 1.807) is 26.8 Å². The summed E-state index contributed by atoms with van der Waals surface area (Å²) in [6.07, 6.45) is 0.148. The van der Waals surface area contributed by atoms with Gasteiger partial charge in [0.25, 0.3) is 0 Å². The molecule has 0 N–H and O–H groups in total. The van der Waals surface area contributed by atoms with Crippen LogP contribution in [0.4, 0.5) is 9.18 Å². The van der Waals surface area contributed by atoms with Gasteiger partial charge in [-0.3, -0.25) is 9.69 Å². The third-order valence-corrected chi connectivity index (χ3v) is 4.28. The zero-order valence-electron chi connectivity index (χ0n) is 15.3. The number of Topliss-reactive ketones (excluding diaryl/α,β-unsaturated/α-hetero) is 1. The zero-order valence-corrected chi connectivity index (χ0v) is 15.3. The van der Waals surface area contributed by atoms with Crippen molar-refractivity contribution in [2.24, 2.45) is 0 Å². The first-order valence-electron chi connectivity index (χ1n) is 8.78. The molecule has 0 aliphatic carbocycles. The van der Waals surface area contributed by atoms with Gasteiger partial charge >= 0.3 is 6.09 Å². The van der Waals surface area contributed by atoms with Gasteiger partial charge in [-0.15, -0.1) is 0 Å². The number of likely N-dealkylation sites (tertiary alicyclic amines) is 1. The minimum Gasteiger partial charge on any atom is -0.488 e. The molecule has 1 unspecified atom stereocenters. The van der Waals surface area contributed by atoms with Gasteiger partial charge in [0.2, 0.25) is 0 Å². The van der Waals surface area contributed by atoms with Crippen molar-refractivity contribution in [1.82, 2.24) is 4.90 Å². The summed E-state index contributed by atoms with van der Waals surface area (Å²) in [5.41, 5.74) is -0.205. The number of hydrogen-bond donors (Lipinski definition) is 0. The van der Waals surface area contributed by atoms with E-state index in [2.05, 4.69) is 0 Å². The van der Waals surface area contributed by atoms with Gasteiger partial charge in [-0.2, -0.15) is 0 Å². The molecule has 3 rings (SSSR count). The lowest BCUT2D eigenvalue weighted by Crippen LogP contribution is -2.37. The van der Waals surface area contributed by atoms with Crippen LogP contribution in [0, 0.1) is 5.82 Å². The Morgan fingerprint density at radius 1 is 1.35 bits per heavy atom. The van der Waals surface area contributed by atoms with E-state index in [0.717, 1.165) is 6.42 Å². The van der Waals surface area contributed by atoms with Gasteiger partial charge in [-0.25, -0.2) is 9.18 Å². The quantitative estimate of drug-likeness (QED) is 0.823. The molecule has 26 heavy (non-hydrogen) atoms. The van der Waals surface area contributed by atoms with E-state index >= 15 is 0 Å². The Kier molecular flexibility index (Phi) is 5.18. The minimum absolute atomic E-state index is 0.0535. The second kappa shape index (κ2) is 7.23.